The van der Waals surface area contributed by atoms with Crippen molar-refractivity contribution in [1.82, 2.24) is 19.7 Å². The fraction of sp³-hybridized carbons (Fsp3) is 0.318. The number of aryl methyl sites for hydroxylation is 2. The minimum atomic E-state index is -0.754. The topological polar surface area (TPSA) is 132 Å². The maximum Gasteiger partial charge on any atom is 0.361 e. The van der Waals surface area contributed by atoms with Crippen molar-refractivity contribution in [3.05, 3.63) is 51.5 Å². The van der Waals surface area contributed by atoms with Gasteiger partial charge in [-0.05, 0) is 32.9 Å². The van der Waals surface area contributed by atoms with Crippen molar-refractivity contribution in [2.45, 2.75) is 27.3 Å². The third-order valence-electron chi connectivity index (χ3n) is 5.09. The minimum Gasteiger partial charge on any atom is -0.493 e. The molecule has 11 nitrogen and oxygen atoms in total. The number of para-hydroxylation sites is 1. The van der Waals surface area contributed by atoms with E-state index in [1.54, 1.807) is 46.1 Å². The molecule has 0 unspecified atom stereocenters. The first kappa shape index (κ1) is 22.1. The summed E-state index contributed by atoms with van der Waals surface area (Å²) >= 11 is 0. The number of nitrogens with zero attached hydrogens (tertiary/aromatic N) is 4. The van der Waals surface area contributed by atoms with E-state index in [1.807, 2.05) is 0 Å². The van der Waals surface area contributed by atoms with Crippen LogP contribution in [0.5, 0.6) is 11.5 Å². The number of carbonyl (C=O) groups is 1. The predicted molar refractivity (Wildman–Crippen MR) is 116 cm³/mol. The highest BCUT2D eigenvalue weighted by atomic mass is 16.5. The van der Waals surface area contributed by atoms with Crippen LogP contribution in [-0.2, 0) is 11.3 Å². The SMILES string of the molecule is CCOC(=O)c1noc2nc(C)n(Cc3nc(-c4cccc(OC)c4OC)oc3C)c(=O)c12. The number of carbonyl (C=O) groups excluding carboxylic acids is 1. The number of rotatable bonds is 7. The van der Waals surface area contributed by atoms with Crippen LogP contribution in [0.2, 0.25) is 0 Å². The molecular formula is C22H22N4O7. The van der Waals surface area contributed by atoms with Gasteiger partial charge in [-0.25, -0.2) is 9.78 Å². The molecule has 0 radical (unpaired) electrons. The lowest BCUT2D eigenvalue weighted by atomic mass is 10.2. The predicted octanol–water partition coefficient (Wildman–Crippen LogP) is 2.90. The van der Waals surface area contributed by atoms with Gasteiger partial charge in [0.05, 0.1) is 32.9 Å². The Morgan fingerprint density at radius 1 is 1.15 bits per heavy atom. The fourth-order valence-electron chi connectivity index (χ4n) is 3.46. The van der Waals surface area contributed by atoms with Crippen LogP contribution in [0, 0.1) is 13.8 Å². The highest BCUT2D eigenvalue weighted by molar-refractivity contribution is 5.99. The maximum absolute atomic E-state index is 13.2. The molecule has 0 amide bonds. The molecule has 172 valence electrons. The second-order valence-electron chi connectivity index (χ2n) is 7.05. The Balaban J connectivity index is 1.78. The molecule has 11 heteroatoms. The number of esters is 1. The van der Waals surface area contributed by atoms with Crippen molar-refractivity contribution >= 4 is 17.1 Å². The monoisotopic (exact) mass is 454 g/mol. The normalized spacial score (nSPS) is 11.1. The molecule has 3 aromatic heterocycles. The van der Waals surface area contributed by atoms with Gasteiger partial charge in [0.2, 0.25) is 11.6 Å². The van der Waals surface area contributed by atoms with E-state index in [0.29, 0.717) is 40.2 Å². The second kappa shape index (κ2) is 8.77. The van der Waals surface area contributed by atoms with Crippen molar-refractivity contribution < 1.29 is 27.9 Å². The van der Waals surface area contributed by atoms with Gasteiger partial charge in [0.25, 0.3) is 11.3 Å². The summed E-state index contributed by atoms with van der Waals surface area (Å²) in [6.45, 7) is 5.24. The summed E-state index contributed by atoms with van der Waals surface area (Å²) in [5, 5.41) is 3.63. The molecule has 0 saturated carbocycles. The molecule has 4 rings (SSSR count). The van der Waals surface area contributed by atoms with Crippen molar-refractivity contribution in [1.29, 1.82) is 0 Å². The van der Waals surface area contributed by atoms with Gasteiger partial charge in [0.15, 0.2) is 11.5 Å². The molecule has 3 heterocycles. The van der Waals surface area contributed by atoms with E-state index in [0.717, 1.165) is 0 Å². The van der Waals surface area contributed by atoms with Crippen LogP contribution < -0.4 is 15.0 Å². The van der Waals surface area contributed by atoms with Crippen molar-refractivity contribution in [3.8, 4) is 23.0 Å². The van der Waals surface area contributed by atoms with Crippen LogP contribution >= 0.6 is 0 Å². The van der Waals surface area contributed by atoms with Gasteiger partial charge in [-0.1, -0.05) is 11.2 Å². The van der Waals surface area contributed by atoms with Crippen LogP contribution in [0.25, 0.3) is 22.6 Å². The van der Waals surface area contributed by atoms with Crippen LogP contribution in [0.1, 0.15) is 34.7 Å². The molecular weight excluding hydrogens is 432 g/mol. The van der Waals surface area contributed by atoms with Gasteiger partial charge < -0.3 is 23.2 Å². The number of ether oxygens (including phenoxy) is 3. The zero-order valence-corrected chi connectivity index (χ0v) is 18.8. The summed E-state index contributed by atoms with van der Waals surface area (Å²) < 4.78 is 28.1. The van der Waals surface area contributed by atoms with Gasteiger partial charge in [0, 0.05) is 0 Å². The van der Waals surface area contributed by atoms with E-state index in [-0.39, 0.29) is 29.9 Å². The zero-order chi connectivity index (χ0) is 23.7. The Morgan fingerprint density at radius 2 is 1.94 bits per heavy atom. The Labute approximate surface area is 187 Å². The fourth-order valence-corrected chi connectivity index (χ4v) is 3.46. The third kappa shape index (κ3) is 3.81. The Kier molecular flexibility index (Phi) is 5.86. The standard InChI is InChI=1S/C22H22N4O7/c1-6-31-22(28)17-16-20(33-25-17)23-12(3)26(21(16)27)10-14-11(2)32-19(24-14)13-8-7-9-15(29-4)18(13)30-5/h7-9H,6,10H2,1-5H3. The number of hydrogen-bond donors (Lipinski definition) is 0. The molecule has 0 aliphatic rings. The summed E-state index contributed by atoms with van der Waals surface area (Å²) in [6.07, 6.45) is 0. The van der Waals surface area contributed by atoms with E-state index in [1.165, 1.54) is 11.7 Å². The van der Waals surface area contributed by atoms with Crippen LogP contribution in [-0.4, -0.2) is 46.5 Å². The number of aromatic nitrogens is 4. The average molecular weight is 454 g/mol. The smallest absolute Gasteiger partial charge is 0.361 e. The summed E-state index contributed by atoms with van der Waals surface area (Å²) in [5.41, 5.74) is 0.375. The Hall–Kier alpha value is -4.15. The van der Waals surface area contributed by atoms with E-state index in [4.69, 9.17) is 23.2 Å². The molecule has 33 heavy (non-hydrogen) atoms. The number of oxazole rings is 1. The number of methoxy groups -OCH3 is 2. The molecule has 0 bridgehead atoms. The lowest BCUT2D eigenvalue weighted by Crippen LogP contribution is -2.25. The molecule has 0 fully saturated rings. The maximum atomic E-state index is 13.2. The van der Waals surface area contributed by atoms with E-state index < -0.39 is 11.5 Å². The van der Waals surface area contributed by atoms with Crippen molar-refractivity contribution in [3.63, 3.8) is 0 Å². The average Bonchev–Trinajstić information content (AvgIpc) is 3.39. The van der Waals surface area contributed by atoms with E-state index in [2.05, 4.69) is 15.1 Å². The largest absolute Gasteiger partial charge is 0.493 e. The molecule has 4 aromatic rings. The lowest BCUT2D eigenvalue weighted by Gasteiger charge is -2.10. The van der Waals surface area contributed by atoms with Gasteiger partial charge in [-0.2, -0.15) is 4.98 Å². The minimum absolute atomic E-state index is 0.0320. The van der Waals surface area contributed by atoms with E-state index in [9.17, 15) is 9.59 Å². The Morgan fingerprint density at radius 3 is 2.64 bits per heavy atom. The molecule has 0 aliphatic carbocycles. The zero-order valence-electron chi connectivity index (χ0n) is 18.8. The van der Waals surface area contributed by atoms with Gasteiger partial charge in [-0.15, -0.1) is 0 Å². The summed E-state index contributed by atoms with van der Waals surface area (Å²) in [5.74, 6) is 1.45. The second-order valence-corrected chi connectivity index (χ2v) is 7.05. The van der Waals surface area contributed by atoms with Crippen LogP contribution in [0.4, 0.5) is 0 Å². The first-order chi connectivity index (χ1) is 15.9. The summed E-state index contributed by atoms with van der Waals surface area (Å²) in [7, 11) is 3.07. The molecule has 0 spiro atoms. The van der Waals surface area contributed by atoms with Crippen LogP contribution in [0.15, 0.2) is 31.9 Å². The highest BCUT2D eigenvalue weighted by Crippen LogP contribution is 2.38. The van der Waals surface area contributed by atoms with Crippen LogP contribution in [0.3, 0.4) is 0 Å². The number of benzene rings is 1. The van der Waals surface area contributed by atoms with Crippen molar-refractivity contribution in [2.75, 3.05) is 20.8 Å². The van der Waals surface area contributed by atoms with Gasteiger partial charge in [0.1, 0.15) is 22.7 Å². The van der Waals surface area contributed by atoms with E-state index >= 15 is 0 Å². The number of fused-ring (bicyclic) bond motifs is 1. The van der Waals surface area contributed by atoms with Gasteiger partial charge in [-0.3, -0.25) is 9.36 Å². The summed E-state index contributed by atoms with van der Waals surface area (Å²) in [4.78, 5) is 34.3. The van der Waals surface area contributed by atoms with Gasteiger partial charge >= 0.3 is 5.97 Å². The first-order valence-electron chi connectivity index (χ1n) is 10.1. The lowest BCUT2D eigenvalue weighted by molar-refractivity contribution is 0.0516. The van der Waals surface area contributed by atoms with Crippen molar-refractivity contribution in [2.24, 2.45) is 0 Å². The molecule has 0 saturated heterocycles. The molecule has 1 aromatic carbocycles. The Bertz CT molecular complexity index is 1400. The molecule has 0 N–H and O–H groups in total. The quantitative estimate of drug-likeness (QED) is 0.384. The molecule has 0 atom stereocenters. The molecule has 0 aliphatic heterocycles. The first-order valence-corrected chi connectivity index (χ1v) is 10.1. The third-order valence-corrected chi connectivity index (χ3v) is 5.09. The summed E-state index contributed by atoms with van der Waals surface area (Å²) in [6, 6.07) is 5.36. The number of hydrogen-bond acceptors (Lipinski definition) is 10. The highest BCUT2D eigenvalue weighted by Gasteiger charge is 2.25.